The lowest BCUT2D eigenvalue weighted by Crippen LogP contribution is -2.00. The summed E-state index contributed by atoms with van der Waals surface area (Å²) in [4.78, 5) is 24.4. The van der Waals surface area contributed by atoms with Gasteiger partial charge >= 0.3 is 11.7 Å². The number of rotatable bonds is 1. The van der Waals surface area contributed by atoms with Crippen molar-refractivity contribution in [2.75, 3.05) is 6.79 Å². The molecule has 2 aromatic rings. The number of carbonyl (C=O) groups is 1. The van der Waals surface area contributed by atoms with E-state index < -0.39 is 11.7 Å². The maximum atomic E-state index is 11.1. The van der Waals surface area contributed by atoms with Crippen molar-refractivity contribution in [1.82, 2.24) is 4.98 Å². The minimum Gasteiger partial charge on any atom is -0.477 e. The standard InChI is InChI=1S/C9H5NO6/c11-8(12)5-6-3(10-9(13)16-6)1-4-7(5)15-2-14-4/h1H,2H2,(H,10,13)(H,11,12). The molecular weight excluding hydrogens is 218 g/mol. The van der Waals surface area contributed by atoms with Crippen molar-refractivity contribution in [3.05, 3.63) is 22.2 Å². The van der Waals surface area contributed by atoms with Gasteiger partial charge in [-0.25, -0.2) is 9.59 Å². The van der Waals surface area contributed by atoms with Gasteiger partial charge in [0, 0.05) is 6.07 Å². The maximum absolute atomic E-state index is 11.1. The molecule has 1 aliphatic rings. The van der Waals surface area contributed by atoms with Gasteiger partial charge in [0.15, 0.2) is 22.6 Å². The summed E-state index contributed by atoms with van der Waals surface area (Å²) in [6, 6.07) is 1.47. The number of benzene rings is 1. The molecule has 0 unspecified atom stereocenters. The third kappa shape index (κ3) is 1.02. The number of nitrogens with one attached hydrogen (secondary N) is 1. The van der Waals surface area contributed by atoms with Gasteiger partial charge in [-0.3, -0.25) is 4.98 Å². The Labute approximate surface area is 87.2 Å². The zero-order chi connectivity index (χ0) is 11.3. The number of carboxylic acid groups (broad SMARTS) is 1. The zero-order valence-corrected chi connectivity index (χ0v) is 7.77. The lowest BCUT2D eigenvalue weighted by molar-refractivity contribution is 0.0693. The van der Waals surface area contributed by atoms with Crippen LogP contribution in [0.5, 0.6) is 11.5 Å². The topological polar surface area (TPSA) is 102 Å². The summed E-state index contributed by atoms with van der Waals surface area (Å²) >= 11 is 0. The van der Waals surface area contributed by atoms with Gasteiger partial charge in [-0.1, -0.05) is 0 Å². The second kappa shape index (κ2) is 2.78. The van der Waals surface area contributed by atoms with Crippen LogP contribution in [0.1, 0.15) is 10.4 Å². The van der Waals surface area contributed by atoms with E-state index in [0.717, 1.165) is 0 Å². The average Bonchev–Trinajstić information content (AvgIpc) is 2.77. The van der Waals surface area contributed by atoms with E-state index in [1.54, 1.807) is 0 Å². The van der Waals surface area contributed by atoms with E-state index in [4.69, 9.17) is 19.0 Å². The Balaban J connectivity index is 2.49. The SMILES string of the molecule is O=C(O)c1c2c(cc3[nH]c(=O)oc13)OCO2. The number of H-pyrrole nitrogens is 1. The number of hydrogen-bond donors (Lipinski definition) is 2. The highest BCUT2D eigenvalue weighted by atomic mass is 16.7. The molecule has 0 spiro atoms. The molecule has 1 aromatic heterocycles. The Kier molecular flexibility index (Phi) is 1.54. The zero-order valence-electron chi connectivity index (χ0n) is 7.77. The van der Waals surface area contributed by atoms with E-state index in [1.807, 2.05) is 0 Å². The summed E-state index contributed by atoms with van der Waals surface area (Å²) in [5.41, 5.74) is 0.0248. The van der Waals surface area contributed by atoms with E-state index in [9.17, 15) is 9.59 Å². The van der Waals surface area contributed by atoms with Crippen LogP contribution in [0.4, 0.5) is 0 Å². The molecule has 0 amide bonds. The molecule has 0 radical (unpaired) electrons. The van der Waals surface area contributed by atoms with Gasteiger partial charge in [0.25, 0.3) is 0 Å². The summed E-state index contributed by atoms with van der Waals surface area (Å²) in [7, 11) is 0. The number of hydrogen-bond acceptors (Lipinski definition) is 5. The third-order valence-corrected chi connectivity index (χ3v) is 2.26. The van der Waals surface area contributed by atoms with Crippen molar-refractivity contribution < 1.29 is 23.8 Å². The first-order valence-electron chi connectivity index (χ1n) is 4.35. The predicted octanol–water partition coefficient (Wildman–Crippen LogP) is 0.548. The minimum atomic E-state index is -1.24. The van der Waals surface area contributed by atoms with E-state index in [-0.39, 0.29) is 35.0 Å². The van der Waals surface area contributed by atoms with Crippen LogP contribution in [0.25, 0.3) is 11.1 Å². The van der Waals surface area contributed by atoms with Crippen molar-refractivity contribution in [1.29, 1.82) is 0 Å². The number of aromatic amines is 1. The average molecular weight is 223 g/mol. The second-order valence-electron chi connectivity index (χ2n) is 3.18. The number of aromatic carboxylic acids is 1. The van der Waals surface area contributed by atoms with Crippen LogP contribution in [0.15, 0.2) is 15.3 Å². The van der Waals surface area contributed by atoms with Gasteiger partial charge in [0.05, 0.1) is 5.52 Å². The lowest BCUT2D eigenvalue weighted by atomic mass is 10.1. The molecule has 0 aliphatic carbocycles. The van der Waals surface area contributed by atoms with Crippen LogP contribution >= 0.6 is 0 Å². The normalized spacial score (nSPS) is 13.2. The van der Waals surface area contributed by atoms with Crippen molar-refractivity contribution in [2.45, 2.75) is 0 Å². The van der Waals surface area contributed by atoms with Gasteiger partial charge in [-0.05, 0) is 0 Å². The van der Waals surface area contributed by atoms with Crippen molar-refractivity contribution in [3.8, 4) is 11.5 Å². The fourth-order valence-electron chi connectivity index (χ4n) is 1.65. The number of fused-ring (bicyclic) bond motifs is 2. The molecule has 0 atom stereocenters. The second-order valence-corrected chi connectivity index (χ2v) is 3.18. The minimum absolute atomic E-state index is 0.0400. The van der Waals surface area contributed by atoms with Crippen LogP contribution in [0.3, 0.4) is 0 Å². The molecule has 0 saturated heterocycles. The van der Waals surface area contributed by atoms with Gasteiger partial charge < -0.3 is 19.0 Å². The Morgan fingerprint density at radius 3 is 3.00 bits per heavy atom. The Morgan fingerprint density at radius 2 is 2.25 bits per heavy atom. The number of aromatic nitrogens is 1. The van der Waals surface area contributed by atoms with E-state index in [0.29, 0.717) is 0 Å². The molecule has 82 valence electrons. The highest BCUT2D eigenvalue weighted by Gasteiger charge is 2.27. The molecule has 0 fully saturated rings. The monoisotopic (exact) mass is 223 g/mol. The predicted molar refractivity (Wildman–Crippen MR) is 49.9 cm³/mol. The number of oxazole rings is 1. The molecule has 7 nitrogen and oxygen atoms in total. The van der Waals surface area contributed by atoms with Crippen LogP contribution in [0.2, 0.25) is 0 Å². The summed E-state index contributed by atoms with van der Waals surface area (Å²) < 4.78 is 14.8. The fourth-order valence-corrected chi connectivity index (χ4v) is 1.65. The molecule has 0 bridgehead atoms. The summed E-state index contributed by atoms with van der Waals surface area (Å²) in [5, 5.41) is 9.04. The highest BCUT2D eigenvalue weighted by molar-refractivity contribution is 6.04. The molecule has 1 aliphatic heterocycles. The highest BCUT2D eigenvalue weighted by Crippen LogP contribution is 2.39. The number of carboxylic acids is 1. The first-order valence-corrected chi connectivity index (χ1v) is 4.35. The third-order valence-electron chi connectivity index (χ3n) is 2.26. The smallest absolute Gasteiger partial charge is 0.417 e. The molecule has 2 heterocycles. The Bertz CT molecular complexity index is 652. The number of ether oxygens (including phenoxy) is 2. The van der Waals surface area contributed by atoms with E-state index >= 15 is 0 Å². The van der Waals surface area contributed by atoms with Gasteiger partial charge in [0.2, 0.25) is 6.79 Å². The summed E-state index contributed by atoms with van der Waals surface area (Å²) in [6.45, 7) is -0.0492. The maximum Gasteiger partial charge on any atom is 0.417 e. The Hall–Kier alpha value is -2.44. The van der Waals surface area contributed by atoms with Gasteiger partial charge in [-0.2, -0.15) is 0 Å². The molecule has 2 N–H and O–H groups in total. The summed E-state index contributed by atoms with van der Waals surface area (Å²) in [5.74, 6) is -1.60. The van der Waals surface area contributed by atoms with E-state index in [1.165, 1.54) is 6.07 Å². The molecule has 3 rings (SSSR count). The molecule has 1 aromatic carbocycles. The van der Waals surface area contributed by atoms with Crippen LogP contribution in [-0.4, -0.2) is 22.9 Å². The molecular formula is C9H5NO6. The van der Waals surface area contributed by atoms with Gasteiger partial charge in [0.1, 0.15) is 0 Å². The molecule has 0 saturated carbocycles. The van der Waals surface area contributed by atoms with Crippen molar-refractivity contribution in [3.63, 3.8) is 0 Å². The molecule has 7 heteroatoms. The molecule has 16 heavy (non-hydrogen) atoms. The van der Waals surface area contributed by atoms with Gasteiger partial charge in [-0.15, -0.1) is 0 Å². The van der Waals surface area contributed by atoms with E-state index in [2.05, 4.69) is 4.98 Å². The fraction of sp³-hybridized carbons (Fsp3) is 0.111. The van der Waals surface area contributed by atoms with Crippen molar-refractivity contribution >= 4 is 17.1 Å². The lowest BCUT2D eigenvalue weighted by Gasteiger charge is -2.00. The Morgan fingerprint density at radius 1 is 1.44 bits per heavy atom. The van der Waals surface area contributed by atoms with Crippen molar-refractivity contribution in [2.24, 2.45) is 0 Å². The largest absolute Gasteiger partial charge is 0.477 e. The first-order chi connectivity index (χ1) is 7.66. The van der Waals surface area contributed by atoms with Crippen LogP contribution < -0.4 is 15.2 Å². The van der Waals surface area contributed by atoms with Crippen LogP contribution in [0, 0.1) is 0 Å². The first kappa shape index (κ1) is 8.84. The summed E-state index contributed by atoms with van der Waals surface area (Å²) in [6.07, 6.45) is 0. The van der Waals surface area contributed by atoms with Crippen LogP contribution in [-0.2, 0) is 0 Å². The quantitative estimate of drug-likeness (QED) is 0.731.